The van der Waals surface area contributed by atoms with Gasteiger partial charge in [-0.2, -0.15) is 13.2 Å². The Morgan fingerprint density at radius 2 is 1.63 bits per heavy atom. The van der Waals surface area contributed by atoms with Gasteiger partial charge in [0.2, 0.25) is 0 Å². The lowest BCUT2D eigenvalue weighted by Crippen LogP contribution is -2.05. The minimum Gasteiger partial charge on any atom is -0.489 e. The highest BCUT2D eigenvalue weighted by molar-refractivity contribution is 5.30. The Hall–Kier alpha value is -2.04. The van der Waals surface area contributed by atoms with Crippen molar-refractivity contribution < 1.29 is 22.3 Å². The Labute approximate surface area is 107 Å². The molecule has 0 heterocycles. The Morgan fingerprint density at radius 1 is 0.947 bits per heavy atom. The van der Waals surface area contributed by atoms with E-state index in [1.54, 1.807) is 0 Å². The summed E-state index contributed by atoms with van der Waals surface area (Å²) >= 11 is 0. The molecular formula is C14H10F4O. The predicted molar refractivity (Wildman–Crippen MR) is 62.2 cm³/mol. The lowest BCUT2D eigenvalue weighted by atomic mass is 10.2. The molecule has 0 amide bonds. The summed E-state index contributed by atoms with van der Waals surface area (Å²) in [5.74, 6) is -0.248. The molecule has 0 aliphatic rings. The van der Waals surface area contributed by atoms with E-state index in [1.165, 1.54) is 36.4 Å². The maximum Gasteiger partial charge on any atom is 0.416 e. The average Bonchev–Trinajstić information content (AvgIpc) is 2.37. The van der Waals surface area contributed by atoms with Crippen LogP contribution in [0.4, 0.5) is 17.6 Å². The molecule has 2 aromatic rings. The van der Waals surface area contributed by atoms with Crippen molar-refractivity contribution in [2.24, 2.45) is 0 Å². The summed E-state index contributed by atoms with van der Waals surface area (Å²) in [6, 6.07) is 10.2. The molecule has 0 saturated heterocycles. The van der Waals surface area contributed by atoms with E-state index in [-0.39, 0.29) is 18.2 Å². The lowest BCUT2D eigenvalue weighted by Gasteiger charge is -2.10. The normalized spacial score (nSPS) is 11.4. The van der Waals surface area contributed by atoms with Crippen molar-refractivity contribution >= 4 is 0 Å². The Balaban J connectivity index is 2.05. The topological polar surface area (TPSA) is 9.23 Å². The van der Waals surface area contributed by atoms with Crippen LogP contribution in [0.5, 0.6) is 5.75 Å². The predicted octanol–water partition coefficient (Wildman–Crippen LogP) is 4.42. The molecule has 0 N–H and O–H groups in total. The molecule has 0 aliphatic carbocycles. The van der Waals surface area contributed by atoms with Crippen LogP contribution >= 0.6 is 0 Å². The van der Waals surface area contributed by atoms with Crippen molar-refractivity contribution in [3.63, 3.8) is 0 Å². The second-order valence-corrected chi connectivity index (χ2v) is 3.94. The highest BCUT2D eigenvalue weighted by atomic mass is 19.4. The first-order valence-electron chi connectivity index (χ1n) is 5.50. The average molecular weight is 270 g/mol. The lowest BCUT2D eigenvalue weighted by molar-refractivity contribution is -0.137. The van der Waals surface area contributed by atoms with Gasteiger partial charge < -0.3 is 4.74 Å². The van der Waals surface area contributed by atoms with E-state index in [4.69, 9.17) is 4.74 Å². The molecule has 0 aromatic heterocycles. The van der Waals surface area contributed by atoms with Crippen LogP contribution in [0, 0.1) is 5.82 Å². The van der Waals surface area contributed by atoms with E-state index >= 15 is 0 Å². The third-order valence-electron chi connectivity index (χ3n) is 2.48. The number of alkyl halides is 3. The van der Waals surface area contributed by atoms with E-state index in [9.17, 15) is 17.6 Å². The number of halogens is 4. The molecule has 5 heteroatoms. The van der Waals surface area contributed by atoms with Gasteiger partial charge in [-0.25, -0.2) is 4.39 Å². The zero-order valence-electron chi connectivity index (χ0n) is 9.75. The number of ether oxygens (including phenoxy) is 1. The zero-order valence-corrected chi connectivity index (χ0v) is 9.75. The van der Waals surface area contributed by atoms with E-state index < -0.39 is 11.7 Å². The second kappa shape index (κ2) is 5.30. The molecule has 19 heavy (non-hydrogen) atoms. The minimum atomic E-state index is -4.39. The third-order valence-corrected chi connectivity index (χ3v) is 2.48. The van der Waals surface area contributed by atoms with Crippen molar-refractivity contribution in [1.29, 1.82) is 0 Å². The molecule has 2 aromatic carbocycles. The van der Waals surface area contributed by atoms with Crippen LogP contribution in [-0.2, 0) is 12.8 Å². The first-order chi connectivity index (χ1) is 8.95. The maximum absolute atomic E-state index is 12.7. The van der Waals surface area contributed by atoms with Crippen LogP contribution in [0.3, 0.4) is 0 Å². The van der Waals surface area contributed by atoms with E-state index in [1.807, 2.05) is 0 Å². The molecule has 0 radical (unpaired) electrons. The Morgan fingerprint density at radius 3 is 2.26 bits per heavy atom. The van der Waals surface area contributed by atoms with E-state index in [0.29, 0.717) is 5.56 Å². The van der Waals surface area contributed by atoms with Crippen molar-refractivity contribution in [3.05, 3.63) is 65.5 Å². The van der Waals surface area contributed by atoms with Crippen molar-refractivity contribution in [2.45, 2.75) is 12.8 Å². The molecule has 0 unspecified atom stereocenters. The Bertz CT molecular complexity index is 546. The Kier molecular flexibility index (Phi) is 3.74. The quantitative estimate of drug-likeness (QED) is 0.750. The van der Waals surface area contributed by atoms with Crippen LogP contribution < -0.4 is 4.74 Å². The number of rotatable bonds is 3. The van der Waals surface area contributed by atoms with Gasteiger partial charge in [-0.05, 0) is 35.9 Å². The van der Waals surface area contributed by atoms with Gasteiger partial charge in [0.05, 0.1) is 5.56 Å². The SMILES string of the molecule is Fc1ccc(COc2cccc(C(F)(F)F)c2)cc1. The summed E-state index contributed by atoms with van der Waals surface area (Å²) in [7, 11) is 0. The number of hydrogen-bond donors (Lipinski definition) is 0. The summed E-state index contributed by atoms with van der Waals surface area (Å²) in [6.45, 7) is 0.0849. The first kappa shape index (κ1) is 13.4. The first-order valence-corrected chi connectivity index (χ1v) is 5.50. The van der Waals surface area contributed by atoms with Crippen LogP contribution in [0.2, 0.25) is 0 Å². The van der Waals surface area contributed by atoms with Gasteiger partial charge in [0.1, 0.15) is 18.2 Å². The summed E-state index contributed by atoms with van der Waals surface area (Å²) < 4.78 is 55.3. The molecule has 2 rings (SSSR count). The highest BCUT2D eigenvalue weighted by Crippen LogP contribution is 2.31. The summed E-state index contributed by atoms with van der Waals surface area (Å²) in [4.78, 5) is 0. The van der Waals surface area contributed by atoms with Crippen molar-refractivity contribution in [1.82, 2.24) is 0 Å². The van der Waals surface area contributed by atoms with Crippen molar-refractivity contribution in [3.8, 4) is 5.75 Å². The fourth-order valence-electron chi connectivity index (χ4n) is 1.51. The van der Waals surface area contributed by atoms with E-state index in [2.05, 4.69) is 0 Å². The van der Waals surface area contributed by atoms with Gasteiger partial charge in [0.15, 0.2) is 0 Å². The van der Waals surface area contributed by atoms with Crippen LogP contribution in [0.25, 0.3) is 0 Å². The minimum absolute atomic E-state index is 0.0849. The maximum atomic E-state index is 12.7. The molecule has 0 atom stereocenters. The number of benzene rings is 2. The highest BCUT2D eigenvalue weighted by Gasteiger charge is 2.30. The largest absolute Gasteiger partial charge is 0.489 e. The van der Waals surface area contributed by atoms with Gasteiger partial charge in [-0.3, -0.25) is 0 Å². The van der Waals surface area contributed by atoms with Gasteiger partial charge in [-0.15, -0.1) is 0 Å². The second-order valence-electron chi connectivity index (χ2n) is 3.94. The molecule has 0 aliphatic heterocycles. The van der Waals surface area contributed by atoms with Gasteiger partial charge in [0, 0.05) is 0 Å². The standard InChI is InChI=1S/C14H10F4O/c15-12-6-4-10(5-7-12)9-19-13-3-1-2-11(8-13)14(16,17)18/h1-8H,9H2. The van der Waals surface area contributed by atoms with Crippen LogP contribution in [-0.4, -0.2) is 0 Å². The summed E-state index contributed by atoms with van der Waals surface area (Å²) in [5, 5.41) is 0. The smallest absolute Gasteiger partial charge is 0.416 e. The molecule has 0 spiro atoms. The van der Waals surface area contributed by atoms with E-state index in [0.717, 1.165) is 12.1 Å². The fraction of sp³-hybridized carbons (Fsp3) is 0.143. The summed E-state index contributed by atoms with van der Waals surface area (Å²) in [6.07, 6.45) is -4.39. The molecule has 0 fully saturated rings. The van der Waals surface area contributed by atoms with Gasteiger partial charge in [-0.1, -0.05) is 18.2 Å². The summed E-state index contributed by atoms with van der Waals surface area (Å²) in [5.41, 5.74) is -0.0806. The van der Waals surface area contributed by atoms with Gasteiger partial charge >= 0.3 is 6.18 Å². The zero-order chi connectivity index (χ0) is 13.9. The number of hydrogen-bond acceptors (Lipinski definition) is 1. The molecule has 1 nitrogen and oxygen atoms in total. The molecule has 0 saturated carbocycles. The molecule has 100 valence electrons. The monoisotopic (exact) mass is 270 g/mol. The van der Waals surface area contributed by atoms with Crippen molar-refractivity contribution in [2.75, 3.05) is 0 Å². The van der Waals surface area contributed by atoms with Crippen LogP contribution in [0.15, 0.2) is 48.5 Å². The molecule has 0 bridgehead atoms. The van der Waals surface area contributed by atoms with Gasteiger partial charge in [0.25, 0.3) is 0 Å². The van der Waals surface area contributed by atoms with Crippen LogP contribution in [0.1, 0.15) is 11.1 Å². The molecular weight excluding hydrogens is 260 g/mol. The fourth-order valence-corrected chi connectivity index (χ4v) is 1.51. The third kappa shape index (κ3) is 3.71.